The lowest BCUT2D eigenvalue weighted by Crippen LogP contribution is -2.18. The smallest absolute Gasteiger partial charge is 0.226 e. The molecule has 2 atom stereocenters. The molecule has 0 spiro atoms. The molecular formula is C12H19N3OS. The van der Waals surface area contributed by atoms with Gasteiger partial charge in [0.2, 0.25) is 11.8 Å². The normalized spacial score (nSPS) is 23.6. The molecule has 94 valence electrons. The number of methoxy groups -OCH3 is 1. The van der Waals surface area contributed by atoms with Crippen molar-refractivity contribution in [3.05, 3.63) is 12.3 Å². The second-order valence-corrected chi connectivity index (χ2v) is 5.73. The lowest BCUT2D eigenvalue weighted by atomic mass is 10.2. The number of aromatic nitrogens is 2. The van der Waals surface area contributed by atoms with Crippen molar-refractivity contribution in [3.63, 3.8) is 0 Å². The third-order valence-corrected chi connectivity index (χ3v) is 4.19. The Morgan fingerprint density at radius 3 is 3.18 bits per heavy atom. The number of nitrogens with one attached hydrogen (secondary N) is 1. The van der Waals surface area contributed by atoms with Crippen LogP contribution in [0.1, 0.15) is 26.2 Å². The van der Waals surface area contributed by atoms with Gasteiger partial charge in [-0.2, -0.15) is 16.7 Å². The van der Waals surface area contributed by atoms with E-state index in [9.17, 15) is 0 Å². The van der Waals surface area contributed by atoms with Gasteiger partial charge in [0.25, 0.3) is 0 Å². The first-order chi connectivity index (χ1) is 8.31. The highest BCUT2D eigenvalue weighted by Crippen LogP contribution is 2.31. The summed E-state index contributed by atoms with van der Waals surface area (Å²) in [7, 11) is 1.62. The summed E-state index contributed by atoms with van der Waals surface area (Å²) in [4.78, 5) is 8.49. The summed E-state index contributed by atoms with van der Waals surface area (Å²) < 4.78 is 5.08. The van der Waals surface area contributed by atoms with Crippen molar-refractivity contribution in [2.45, 2.75) is 37.5 Å². The standard InChI is InChI=1S/C12H19N3OS/c1-3-17-10-5-4-9(8-10)14-12-13-7-6-11(15-12)16-2/h6-7,9-10H,3-5,8H2,1-2H3,(H,13,14,15). The summed E-state index contributed by atoms with van der Waals surface area (Å²) in [5.74, 6) is 2.49. The average Bonchev–Trinajstić information content (AvgIpc) is 2.77. The van der Waals surface area contributed by atoms with Gasteiger partial charge in [-0.3, -0.25) is 0 Å². The SMILES string of the molecule is CCSC1CCC(Nc2nccc(OC)n2)C1. The molecule has 0 amide bonds. The maximum absolute atomic E-state index is 5.08. The minimum Gasteiger partial charge on any atom is -0.481 e. The van der Waals surface area contributed by atoms with E-state index in [4.69, 9.17) is 4.74 Å². The van der Waals surface area contributed by atoms with Gasteiger partial charge < -0.3 is 10.1 Å². The van der Waals surface area contributed by atoms with E-state index in [0.29, 0.717) is 17.9 Å². The van der Waals surface area contributed by atoms with E-state index in [1.54, 1.807) is 19.4 Å². The molecule has 17 heavy (non-hydrogen) atoms. The van der Waals surface area contributed by atoms with Crippen molar-refractivity contribution in [2.75, 3.05) is 18.2 Å². The Kier molecular flexibility index (Phi) is 4.48. The van der Waals surface area contributed by atoms with Crippen molar-refractivity contribution in [1.29, 1.82) is 0 Å². The molecule has 2 rings (SSSR count). The third kappa shape index (κ3) is 3.49. The molecule has 1 aliphatic rings. The molecule has 0 radical (unpaired) electrons. The second kappa shape index (κ2) is 6.10. The first-order valence-electron chi connectivity index (χ1n) is 6.07. The lowest BCUT2D eigenvalue weighted by Gasteiger charge is -2.13. The monoisotopic (exact) mass is 253 g/mol. The van der Waals surface area contributed by atoms with E-state index in [-0.39, 0.29) is 0 Å². The number of anilines is 1. The molecule has 1 aliphatic carbocycles. The maximum atomic E-state index is 5.08. The van der Waals surface area contributed by atoms with E-state index < -0.39 is 0 Å². The van der Waals surface area contributed by atoms with Gasteiger partial charge in [-0.25, -0.2) is 4.98 Å². The Labute approximate surface area is 107 Å². The van der Waals surface area contributed by atoms with Crippen molar-refractivity contribution < 1.29 is 4.74 Å². The zero-order valence-corrected chi connectivity index (χ0v) is 11.2. The molecule has 0 aliphatic heterocycles. The molecule has 1 fully saturated rings. The van der Waals surface area contributed by atoms with Gasteiger partial charge in [-0.05, 0) is 25.0 Å². The minimum absolute atomic E-state index is 0.506. The first-order valence-corrected chi connectivity index (χ1v) is 7.12. The highest BCUT2D eigenvalue weighted by atomic mass is 32.2. The van der Waals surface area contributed by atoms with Gasteiger partial charge in [0, 0.05) is 23.6 Å². The van der Waals surface area contributed by atoms with Crippen molar-refractivity contribution in [1.82, 2.24) is 9.97 Å². The van der Waals surface area contributed by atoms with Crippen LogP contribution in [-0.2, 0) is 0 Å². The van der Waals surface area contributed by atoms with Crippen LogP contribution in [0.4, 0.5) is 5.95 Å². The fourth-order valence-corrected chi connectivity index (χ4v) is 3.31. The number of hydrogen-bond donors (Lipinski definition) is 1. The van der Waals surface area contributed by atoms with Crippen molar-refractivity contribution in [2.24, 2.45) is 0 Å². The summed E-state index contributed by atoms with van der Waals surface area (Å²) >= 11 is 2.06. The van der Waals surface area contributed by atoms with Gasteiger partial charge in [0.1, 0.15) is 0 Å². The van der Waals surface area contributed by atoms with Gasteiger partial charge in [-0.1, -0.05) is 6.92 Å². The number of rotatable bonds is 5. The molecule has 0 saturated heterocycles. The first kappa shape index (κ1) is 12.5. The average molecular weight is 253 g/mol. The molecule has 2 unspecified atom stereocenters. The maximum Gasteiger partial charge on any atom is 0.226 e. The minimum atomic E-state index is 0.506. The molecular weight excluding hydrogens is 234 g/mol. The lowest BCUT2D eigenvalue weighted by molar-refractivity contribution is 0.397. The van der Waals surface area contributed by atoms with E-state index in [2.05, 4.69) is 34.0 Å². The van der Waals surface area contributed by atoms with E-state index >= 15 is 0 Å². The molecule has 5 heteroatoms. The summed E-state index contributed by atoms with van der Waals surface area (Å²) in [5, 5.41) is 4.18. The van der Waals surface area contributed by atoms with Crippen LogP contribution in [0, 0.1) is 0 Å². The molecule has 1 saturated carbocycles. The topological polar surface area (TPSA) is 47.0 Å². The summed E-state index contributed by atoms with van der Waals surface area (Å²) in [6.07, 6.45) is 5.43. The number of hydrogen-bond acceptors (Lipinski definition) is 5. The molecule has 1 aromatic rings. The van der Waals surface area contributed by atoms with Gasteiger partial charge in [0.05, 0.1) is 7.11 Å². The fraction of sp³-hybridized carbons (Fsp3) is 0.667. The molecule has 0 bridgehead atoms. The molecule has 1 aromatic heterocycles. The van der Waals surface area contributed by atoms with Gasteiger partial charge in [-0.15, -0.1) is 0 Å². The Morgan fingerprint density at radius 1 is 1.53 bits per heavy atom. The van der Waals surface area contributed by atoms with Crippen LogP contribution in [0.2, 0.25) is 0 Å². The Bertz CT molecular complexity index is 361. The Balaban J connectivity index is 1.88. The number of ether oxygens (including phenoxy) is 1. The molecule has 4 nitrogen and oxygen atoms in total. The van der Waals surface area contributed by atoms with Gasteiger partial charge in [0.15, 0.2) is 0 Å². The molecule has 1 heterocycles. The summed E-state index contributed by atoms with van der Waals surface area (Å²) in [6, 6.07) is 2.27. The van der Waals surface area contributed by atoms with Crippen LogP contribution in [0.3, 0.4) is 0 Å². The Morgan fingerprint density at radius 2 is 2.41 bits per heavy atom. The number of thioether (sulfide) groups is 1. The molecule has 1 N–H and O–H groups in total. The van der Waals surface area contributed by atoms with E-state index in [1.807, 2.05) is 0 Å². The molecule has 0 aromatic carbocycles. The van der Waals surface area contributed by atoms with Crippen LogP contribution in [0.25, 0.3) is 0 Å². The zero-order valence-electron chi connectivity index (χ0n) is 10.3. The van der Waals surface area contributed by atoms with Crippen LogP contribution in [0.5, 0.6) is 5.88 Å². The summed E-state index contributed by atoms with van der Waals surface area (Å²) in [5.41, 5.74) is 0. The summed E-state index contributed by atoms with van der Waals surface area (Å²) in [6.45, 7) is 2.22. The predicted octanol–water partition coefficient (Wildman–Crippen LogP) is 2.57. The fourth-order valence-electron chi connectivity index (χ4n) is 2.17. The zero-order chi connectivity index (χ0) is 12.1. The quantitative estimate of drug-likeness (QED) is 0.874. The van der Waals surface area contributed by atoms with Crippen LogP contribution >= 0.6 is 11.8 Å². The second-order valence-electron chi connectivity index (χ2n) is 4.15. The van der Waals surface area contributed by atoms with E-state index in [1.165, 1.54) is 25.0 Å². The highest BCUT2D eigenvalue weighted by Gasteiger charge is 2.24. The Hall–Kier alpha value is -0.970. The van der Waals surface area contributed by atoms with Crippen molar-refractivity contribution in [3.8, 4) is 5.88 Å². The number of nitrogens with zero attached hydrogens (tertiary/aromatic N) is 2. The highest BCUT2D eigenvalue weighted by molar-refractivity contribution is 7.99. The third-order valence-electron chi connectivity index (χ3n) is 2.96. The van der Waals surface area contributed by atoms with E-state index in [0.717, 1.165) is 5.25 Å². The van der Waals surface area contributed by atoms with Gasteiger partial charge >= 0.3 is 0 Å². The van der Waals surface area contributed by atoms with Crippen LogP contribution in [0.15, 0.2) is 12.3 Å². The van der Waals surface area contributed by atoms with Crippen LogP contribution in [-0.4, -0.2) is 34.1 Å². The predicted molar refractivity (Wildman–Crippen MR) is 71.8 cm³/mol. The largest absolute Gasteiger partial charge is 0.481 e. The van der Waals surface area contributed by atoms with Crippen molar-refractivity contribution >= 4 is 17.7 Å². The van der Waals surface area contributed by atoms with Crippen LogP contribution < -0.4 is 10.1 Å².